The van der Waals surface area contributed by atoms with E-state index in [1.165, 1.54) is 0 Å². The average Bonchev–Trinajstić information content (AvgIpc) is 3.38. The van der Waals surface area contributed by atoms with Gasteiger partial charge in [-0.15, -0.1) is 11.3 Å². The van der Waals surface area contributed by atoms with Gasteiger partial charge in [0, 0.05) is 36.6 Å². The summed E-state index contributed by atoms with van der Waals surface area (Å²) < 4.78 is 5.42. The van der Waals surface area contributed by atoms with Gasteiger partial charge in [-0.3, -0.25) is 4.79 Å². The first-order chi connectivity index (χ1) is 14.5. The van der Waals surface area contributed by atoms with Gasteiger partial charge in [-0.05, 0) is 26.0 Å². The first kappa shape index (κ1) is 20.2. The zero-order valence-electron chi connectivity index (χ0n) is 17.1. The van der Waals surface area contributed by atoms with E-state index in [1.54, 1.807) is 33.3 Å². The number of benzene rings is 1. The SMILES string of the molecule is Cc1ccc(C(=O)N2CCN(C(=O)NCc3sc(-c4ccccc4)nc3C)CC2)o1. The molecule has 0 atom stereocenters. The molecule has 0 unspecified atom stereocenters. The number of furan rings is 1. The van der Waals surface area contributed by atoms with Crippen molar-refractivity contribution in [3.63, 3.8) is 0 Å². The Balaban J connectivity index is 1.29. The van der Waals surface area contributed by atoms with E-state index in [0.717, 1.165) is 21.1 Å². The maximum Gasteiger partial charge on any atom is 0.317 e. The molecule has 1 aliphatic heterocycles. The number of amides is 3. The summed E-state index contributed by atoms with van der Waals surface area (Å²) in [6, 6.07) is 13.4. The molecule has 0 aliphatic carbocycles. The first-order valence-electron chi connectivity index (χ1n) is 9.91. The van der Waals surface area contributed by atoms with Crippen molar-refractivity contribution in [1.82, 2.24) is 20.1 Å². The van der Waals surface area contributed by atoms with Gasteiger partial charge in [0.05, 0.1) is 12.2 Å². The van der Waals surface area contributed by atoms with Gasteiger partial charge < -0.3 is 19.5 Å². The summed E-state index contributed by atoms with van der Waals surface area (Å²) in [6.45, 7) is 6.19. The normalized spacial score (nSPS) is 14.1. The molecule has 156 valence electrons. The van der Waals surface area contributed by atoms with E-state index in [-0.39, 0.29) is 11.9 Å². The van der Waals surface area contributed by atoms with Crippen LogP contribution >= 0.6 is 11.3 Å². The fourth-order valence-electron chi connectivity index (χ4n) is 3.38. The standard InChI is InChI=1S/C22H24N4O3S/c1-15-8-9-18(29-15)21(27)25-10-12-26(13-11-25)22(28)23-14-19-16(2)24-20(30-19)17-6-4-3-5-7-17/h3-9H,10-14H2,1-2H3,(H,23,28). The molecule has 2 aromatic heterocycles. The van der Waals surface area contributed by atoms with E-state index in [1.807, 2.05) is 44.2 Å². The summed E-state index contributed by atoms with van der Waals surface area (Å²) in [5.41, 5.74) is 2.01. The smallest absolute Gasteiger partial charge is 0.317 e. The zero-order chi connectivity index (χ0) is 21.1. The van der Waals surface area contributed by atoms with Gasteiger partial charge in [-0.2, -0.15) is 0 Å². The molecule has 1 aromatic carbocycles. The summed E-state index contributed by atoms with van der Waals surface area (Å²) in [7, 11) is 0. The molecular weight excluding hydrogens is 400 g/mol. The van der Waals surface area contributed by atoms with Gasteiger partial charge >= 0.3 is 6.03 Å². The summed E-state index contributed by atoms with van der Waals surface area (Å²) >= 11 is 1.60. The number of nitrogens with one attached hydrogen (secondary N) is 1. The third-order valence-electron chi connectivity index (χ3n) is 5.12. The number of nitrogens with zero attached hydrogens (tertiary/aromatic N) is 3. The Labute approximate surface area is 179 Å². The van der Waals surface area contributed by atoms with Crippen LogP contribution in [0.15, 0.2) is 46.9 Å². The molecule has 0 radical (unpaired) electrons. The number of carbonyl (C=O) groups excluding carboxylic acids is 2. The second kappa shape index (κ2) is 8.71. The van der Waals surface area contributed by atoms with Crippen molar-refractivity contribution in [2.45, 2.75) is 20.4 Å². The van der Waals surface area contributed by atoms with E-state index in [9.17, 15) is 9.59 Å². The highest BCUT2D eigenvalue weighted by Gasteiger charge is 2.26. The van der Waals surface area contributed by atoms with Crippen molar-refractivity contribution in [2.24, 2.45) is 0 Å². The summed E-state index contributed by atoms with van der Waals surface area (Å²) in [5, 5.41) is 3.94. The molecular formula is C22H24N4O3S. The Bertz CT molecular complexity index is 1040. The minimum absolute atomic E-state index is 0.120. The monoisotopic (exact) mass is 424 g/mol. The largest absolute Gasteiger partial charge is 0.456 e. The van der Waals surface area contributed by atoms with Crippen molar-refractivity contribution in [3.8, 4) is 10.6 Å². The number of aryl methyl sites for hydroxylation is 2. The Morgan fingerprint density at radius 2 is 1.73 bits per heavy atom. The summed E-state index contributed by atoms with van der Waals surface area (Å²) in [5.74, 6) is 0.933. The van der Waals surface area contributed by atoms with Crippen molar-refractivity contribution in [1.29, 1.82) is 0 Å². The third-order valence-corrected chi connectivity index (χ3v) is 6.33. The van der Waals surface area contributed by atoms with Crippen LogP contribution < -0.4 is 5.32 Å². The molecule has 1 aliphatic rings. The molecule has 3 aromatic rings. The topological polar surface area (TPSA) is 78.7 Å². The van der Waals surface area contributed by atoms with Crippen molar-refractivity contribution in [2.75, 3.05) is 26.2 Å². The number of hydrogen-bond donors (Lipinski definition) is 1. The number of carbonyl (C=O) groups is 2. The van der Waals surface area contributed by atoms with Gasteiger partial charge in [0.25, 0.3) is 5.91 Å². The molecule has 0 saturated carbocycles. The predicted molar refractivity (Wildman–Crippen MR) is 115 cm³/mol. The number of aromatic nitrogens is 1. The van der Waals surface area contributed by atoms with E-state index in [4.69, 9.17) is 4.42 Å². The van der Waals surface area contributed by atoms with Crippen molar-refractivity contribution < 1.29 is 14.0 Å². The van der Waals surface area contributed by atoms with Crippen LogP contribution in [0.25, 0.3) is 10.6 Å². The fraction of sp³-hybridized carbons (Fsp3) is 0.318. The van der Waals surface area contributed by atoms with Gasteiger partial charge in [0.15, 0.2) is 5.76 Å². The molecule has 4 rings (SSSR count). The molecule has 1 saturated heterocycles. The second-order valence-electron chi connectivity index (χ2n) is 7.24. The lowest BCUT2D eigenvalue weighted by molar-refractivity contribution is 0.0632. The van der Waals surface area contributed by atoms with Crippen LogP contribution in [-0.4, -0.2) is 52.9 Å². The maximum atomic E-state index is 12.6. The van der Waals surface area contributed by atoms with Crippen molar-refractivity contribution in [3.05, 3.63) is 64.6 Å². The van der Waals surface area contributed by atoms with Crippen LogP contribution in [0.2, 0.25) is 0 Å². The highest BCUT2D eigenvalue weighted by molar-refractivity contribution is 7.15. The molecule has 1 fully saturated rings. The second-order valence-corrected chi connectivity index (χ2v) is 8.33. The lowest BCUT2D eigenvalue weighted by Crippen LogP contribution is -2.53. The quantitative estimate of drug-likeness (QED) is 0.693. The van der Waals surface area contributed by atoms with Crippen LogP contribution in [0.1, 0.15) is 26.9 Å². The minimum atomic E-state index is -0.128. The van der Waals surface area contributed by atoms with Gasteiger partial charge in [-0.1, -0.05) is 30.3 Å². The van der Waals surface area contributed by atoms with Gasteiger partial charge in [-0.25, -0.2) is 9.78 Å². The Kier molecular flexibility index (Phi) is 5.85. The molecule has 1 N–H and O–H groups in total. The lowest BCUT2D eigenvalue weighted by atomic mass is 10.2. The van der Waals surface area contributed by atoms with E-state index < -0.39 is 0 Å². The third kappa shape index (κ3) is 4.38. The molecule has 30 heavy (non-hydrogen) atoms. The summed E-state index contributed by atoms with van der Waals surface area (Å²) in [4.78, 5) is 34.2. The van der Waals surface area contributed by atoms with Crippen LogP contribution in [0.4, 0.5) is 4.79 Å². The Morgan fingerprint density at radius 3 is 2.40 bits per heavy atom. The zero-order valence-corrected chi connectivity index (χ0v) is 17.9. The summed E-state index contributed by atoms with van der Waals surface area (Å²) in [6.07, 6.45) is 0. The molecule has 7 nitrogen and oxygen atoms in total. The van der Waals surface area contributed by atoms with E-state index in [0.29, 0.717) is 44.2 Å². The molecule has 0 bridgehead atoms. The molecule has 0 spiro atoms. The van der Waals surface area contributed by atoms with Gasteiger partial charge in [0.2, 0.25) is 0 Å². The highest BCUT2D eigenvalue weighted by atomic mass is 32.1. The molecule has 8 heteroatoms. The fourth-order valence-corrected chi connectivity index (χ4v) is 4.39. The van der Waals surface area contributed by atoms with Crippen molar-refractivity contribution >= 4 is 23.3 Å². The number of urea groups is 1. The number of hydrogen-bond acceptors (Lipinski definition) is 5. The average molecular weight is 425 g/mol. The minimum Gasteiger partial charge on any atom is -0.456 e. The predicted octanol–water partition coefficient (Wildman–Crippen LogP) is 3.69. The van der Waals surface area contributed by atoms with Crippen LogP contribution in [0, 0.1) is 13.8 Å². The van der Waals surface area contributed by atoms with Crippen LogP contribution in [0.5, 0.6) is 0 Å². The highest BCUT2D eigenvalue weighted by Crippen LogP contribution is 2.27. The first-order valence-corrected chi connectivity index (χ1v) is 10.7. The lowest BCUT2D eigenvalue weighted by Gasteiger charge is -2.34. The van der Waals surface area contributed by atoms with E-state index >= 15 is 0 Å². The van der Waals surface area contributed by atoms with Gasteiger partial charge in [0.1, 0.15) is 10.8 Å². The number of piperazine rings is 1. The maximum absolute atomic E-state index is 12.6. The van der Waals surface area contributed by atoms with E-state index in [2.05, 4.69) is 10.3 Å². The number of rotatable bonds is 4. The molecule has 3 amide bonds. The van der Waals surface area contributed by atoms with Crippen LogP contribution in [-0.2, 0) is 6.54 Å². The van der Waals surface area contributed by atoms with Crippen LogP contribution in [0.3, 0.4) is 0 Å². The number of thiazole rings is 1. The Hall–Kier alpha value is -3.13. The Morgan fingerprint density at radius 1 is 1.03 bits per heavy atom. The molecule has 3 heterocycles.